The fraction of sp³-hybridized carbons (Fsp3) is 0.308. The second-order valence-electron chi connectivity index (χ2n) is 8.87. The van der Waals surface area contributed by atoms with Gasteiger partial charge in [-0.1, -0.05) is 36.4 Å². The second-order valence-corrected chi connectivity index (χ2v) is 10.6. The Morgan fingerprint density at radius 2 is 1.86 bits per heavy atom. The molecule has 182 valence electrons. The van der Waals surface area contributed by atoms with E-state index in [9.17, 15) is 18.5 Å². The number of aromatic nitrogens is 1. The first-order valence-corrected chi connectivity index (χ1v) is 13.3. The van der Waals surface area contributed by atoms with Crippen LogP contribution in [0.15, 0.2) is 48.5 Å². The molecular formula is C26H29N5O3S. The van der Waals surface area contributed by atoms with E-state index < -0.39 is 10.0 Å². The zero-order valence-corrected chi connectivity index (χ0v) is 20.9. The number of nitrogens with zero attached hydrogens (tertiary/aromatic N) is 3. The van der Waals surface area contributed by atoms with Crippen molar-refractivity contribution in [2.75, 3.05) is 34.3 Å². The molecule has 3 aromatic rings. The minimum Gasteiger partial charge on any atom is -0.362 e. The highest BCUT2D eigenvalue weighted by Gasteiger charge is 2.24. The van der Waals surface area contributed by atoms with Crippen molar-refractivity contribution in [2.24, 2.45) is 0 Å². The molecule has 0 aliphatic carbocycles. The summed E-state index contributed by atoms with van der Waals surface area (Å²) in [6.45, 7) is 5.15. The van der Waals surface area contributed by atoms with Crippen LogP contribution in [0.25, 0.3) is 0 Å². The highest BCUT2D eigenvalue weighted by Crippen LogP contribution is 2.33. The molecule has 0 saturated heterocycles. The van der Waals surface area contributed by atoms with Crippen molar-refractivity contribution in [1.29, 1.82) is 5.26 Å². The average molecular weight is 492 g/mol. The molecule has 0 fully saturated rings. The van der Waals surface area contributed by atoms with Crippen molar-refractivity contribution in [1.82, 2.24) is 4.57 Å². The van der Waals surface area contributed by atoms with Crippen molar-refractivity contribution in [2.45, 2.75) is 33.2 Å². The summed E-state index contributed by atoms with van der Waals surface area (Å²) >= 11 is 0. The number of nitriles is 1. The molecule has 8 nitrogen and oxygen atoms in total. The largest absolute Gasteiger partial charge is 0.362 e. The van der Waals surface area contributed by atoms with Crippen molar-refractivity contribution in [3.63, 3.8) is 0 Å². The Kier molecular flexibility index (Phi) is 6.85. The fourth-order valence-corrected chi connectivity index (χ4v) is 5.19. The topological polar surface area (TPSA) is 107 Å². The maximum Gasteiger partial charge on any atom is 0.245 e. The van der Waals surface area contributed by atoms with E-state index in [0.717, 1.165) is 47.2 Å². The lowest BCUT2D eigenvalue weighted by molar-refractivity contribution is -0.115. The fourth-order valence-electron chi connectivity index (χ4n) is 4.60. The molecule has 1 aromatic heterocycles. The smallest absolute Gasteiger partial charge is 0.245 e. The number of amides is 1. The zero-order valence-electron chi connectivity index (χ0n) is 20.1. The van der Waals surface area contributed by atoms with Gasteiger partial charge in [-0.3, -0.25) is 9.52 Å². The minimum absolute atomic E-state index is 0.0921. The molecular weight excluding hydrogens is 462 g/mol. The summed E-state index contributed by atoms with van der Waals surface area (Å²) in [6, 6.07) is 17.6. The minimum atomic E-state index is -3.41. The predicted molar refractivity (Wildman–Crippen MR) is 138 cm³/mol. The van der Waals surface area contributed by atoms with Crippen LogP contribution in [0.4, 0.5) is 17.2 Å². The van der Waals surface area contributed by atoms with E-state index in [1.54, 1.807) is 12.1 Å². The molecule has 1 aliphatic heterocycles. The summed E-state index contributed by atoms with van der Waals surface area (Å²) in [6.07, 6.45) is 2.65. The summed E-state index contributed by atoms with van der Waals surface area (Å²) in [4.78, 5) is 15.2. The molecule has 0 spiro atoms. The summed E-state index contributed by atoms with van der Waals surface area (Å²) < 4.78 is 28.1. The van der Waals surface area contributed by atoms with E-state index in [1.165, 1.54) is 0 Å². The molecule has 0 unspecified atom stereocenters. The molecule has 2 N–H and O–H groups in total. The van der Waals surface area contributed by atoms with Crippen LogP contribution in [-0.4, -0.2) is 38.2 Å². The Morgan fingerprint density at radius 3 is 2.54 bits per heavy atom. The second kappa shape index (κ2) is 9.84. The van der Waals surface area contributed by atoms with E-state index in [-0.39, 0.29) is 12.5 Å². The van der Waals surface area contributed by atoms with E-state index in [2.05, 4.69) is 16.1 Å². The van der Waals surface area contributed by atoms with Gasteiger partial charge in [0.05, 0.1) is 24.1 Å². The third-order valence-electron chi connectivity index (χ3n) is 6.36. The van der Waals surface area contributed by atoms with Crippen LogP contribution in [-0.2, 0) is 27.8 Å². The van der Waals surface area contributed by atoms with Crippen LogP contribution < -0.4 is 14.9 Å². The van der Waals surface area contributed by atoms with Gasteiger partial charge in [0.2, 0.25) is 15.9 Å². The highest BCUT2D eigenvalue weighted by molar-refractivity contribution is 7.92. The van der Waals surface area contributed by atoms with Gasteiger partial charge in [-0.2, -0.15) is 5.26 Å². The number of sulfonamides is 1. The van der Waals surface area contributed by atoms with Gasteiger partial charge in [-0.05, 0) is 55.5 Å². The third kappa shape index (κ3) is 5.33. The van der Waals surface area contributed by atoms with Crippen LogP contribution in [0.3, 0.4) is 0 Å². The number of hydrogen-bond acceptors (Lipinski definition) is 5. The lowest BCUT2D eigenvalue weighted by Crippen LogP contribution is -2.37. The van der Waals surface area contributed by atoms with E-state index >= 15 is 0 Å². The molecule has 2 heterocycles. The van der Waals surface area contributed by atoms with E-state index in [4.69, 9.17) is 0 Å². The summed E-state index contributed by atoms with van der Waals surface area (Å²) in [5.41, 5.74) is 5.58. The molecule has 4 rings (SSSR count). The number of nitrogens with one attached hydrogen (secondary N) is 2. The van der Waals surface area contributed by atoms with Gasteiger partial charge in [0, 0.05) is 24.5 Å². The Hall–Kier alpha value is -3.77. The van der Waals surface area contributed by atoms with Gasteiger partial charge in [0.25, 0.3) is 0 Å². The van der Waals surface area contributed by atoms with Crippen molar-refractivity contribution in [3.05, 3.63) is 76.5 Å². The third-order valence-corrected chi connectivity index (χ3v) is 6.95. The molecule has 0 bridgehead atoms. The predicted octanol–water partition coefficient (Wildman–Crippen LogP) is 3.79. The van der Waals surface area contributed by atoms with E-state index in [1.807, 2.05) is 59.7 Å². The van der Waals surface area contributed by atoms with Gasteiger partial charge < -0.3 is 14.8 Å². The number of rotatable bonds is 7. The Morgan fingerprint density at radius 1 is 1.11 bits per heavy atom. The van der Waals surface area contributed by atoms with Gasteiger partial charge in [-0.15, -0.1) is 0 Å². The molecule has 0 radical (unpaired) electrons. The summed E-state index contributed by atoms with van der Waals surface area (Å²) in [7, 11) is -3.41. The molecule has 1 amide bonds. The molecule has 1 aliphatic rings. The number of carbonyl (C=O) groups excluding carboxylic acids is 1. The van der Waals surface area contributed by atoms with Crippen molar-refractivity contribution < 1.29 is 13.2 Å². The van der Waals surface area contributed by atoms with Crippen LogP contribution in [0.5, 0.6) is 0 Å². The number of fused-ring (bicyclic) bond motifs is 1. The van der Waals surface area contributed by atoms with Gasteiger partial charge >= 0.3 is 0 Å². The number of hydrogen-bond donors (Lipinski definition) is 2. The van der Waals surface area contributed by atoms with Crippen LogP contribution in [0, 0.1) is 25.2 Å². The summed E-state index contributed by atoms with van der Waals surface area (Å²) in [5, 5.41) is 12.8. The average Bonchev–Trinajstić information content (AvgIpc) is 3.03. The van der Waals surface area contributed by atoms with Crippen molar-refractivity contribution in [3.8, 4) is 6.07 Å². The first-order valence-electron chi connectivity index (χ1n) is 11.5. The molecule has 2 aromatic carbocycles. The highest BCUT2D eigenvalue weighted by atomic mass is 32.2. The summed E-state index contributed by atoms with van der Waals surface area (Å²) in [5.74, 6) is 0.267. The number of anilines is 3. The Labute approximate surface area is 206 Å². The molecule has 9 heteroatoms. The zero-order chi connectivity index (χ0) is 25.2. The Bertz CT molecular complexity index is 1400. The van der Waals surface area contributed by atoms with Crippen molar-refractivity contribution >= 4 is 33.1 Å². The van der Waals surface area contributed by atoms with Crippen LogP contribution in [0.2, 0.25) is 0 Å². The van der Waals surface area contributed by atoms with Gasteiger partial charge in [0.1, 0.15) is 11.9 Å². The van der Waals surface area contributed by atoms with Gasteiger partial charge in [0.15, 0.2) is 0 Å². The van der Waals surface area contributed by atoms with Crippen LogP contribution >= 0.6 is 0 Å². The number of benzene rings is 2. The number of carbonyl (C=O) groups is 1. The van der Waals surface area contributed by atoms with Gasteiger partial charge in [-0.25, -0.2) is 8.42 Å². The monoisotopic (exact) mass is 491 g/mol. The lowest BCUT2D eigenvalue weighted by atomic mass is 10.00. The van der Waals surface area contributed by atoms with E-state index in [0.29, 0.717) is 30.2 Å². The first kappa shape index (κ1) is 24.4. The normalized spacial score (nSPS) is 13.1. The SMILES string of the molecule is Cc1c(C#N)c(NC(=O)CN2CCCc3c(NS(C)(=O)=O)cccc32)n(Cc2ccccc2)c1C. The molecule has 0 saturated carbocycles. The Balaban J connectivity index is 1.59. The first-order chi connectivity index (χ1) is 16.7. The maximum atomic E-state index is 13.2. The maximum absolute atomic E-state index is 13.2. The quantitative estimate of drug-likeness (QED) is 0.523. The lowest BCUT2D eigenvalue weighted by Gasteiger charge is -2.32. The standard InChI is InChI=1S/C26H29N5O3S/c1-18-19(2)31(16-20-9-5-4-6-10-20)26(22(18)15-27)28-25(32)17-30-14-8-11-21-23(29-35(3,33)34)12-7-13-24(21)30/h4-7,9-10,12-13,29H,8,11,14,16-17H2,1-3H3,(H,28,32). The molecule has 0 atom stereocenters. The molecule has 35 heavy (non-hydrogen) atoms. The van der Waals surface area contributed by atoms with Crippen LogP contribution in [0.1, 0.15) is 34.4 Å².